The van der Waals surface area contributed by atoms with Crippen molar-refractivity contribution in [2.75, 3.05) is 25.6 Å². The lowest BCUT2D eigenvalue weighted by molar-refractivity contribution is 0.128. The van der Waals surface area contributed by atoms with Gasteiger partial charge in [-0.25, -0.2) is 0 Å². The summed E-state index contributed by atoms with van der Waals surface area (Å²) in [6.07, 6.45) is 0. The number of guanidine groups is 1. The molecule has 5 nitrogen and oxygen atoms in total. The molecule has 0 saturated carbocycles. The van der Waals surface area contributed by atoms with Crippen LogP contribution in [-0.4, -0.2) is 26.2 Å². The van der Waals surface area contributed by atoms with E-state index in [9.17, 15) is 0 Å². The van der Waals surface area contributed by atoms with Crippen LogP contribution < -0.4 is 15.8 Å². The summed E-state index contributed by atoms with van der Waals surface area (Å²) in [5.74, 6) is 1.17. The van der Waals surface area contributed by atoms with E-state index in [2.05, 4.69) is 10.3 Å². The zero-order valence-corrected chi connectivity index (χ0v) is 12.7. The summed E-state index contributed by atoms with van der Waals surface area (Å²) in [7, 11) is 1.63. The van der Waals surface area contributed by atoms with Crippen molar-refractivity contribution in [3.05, 3.63) is 60.2 Å². The van der Waals surface area contributed by atoms with Crippen LogP contribution >= 0.6 is 0 Å². The summed E-state index contributed by atoms with van der Waals surface area (Å²) in [4.78, 5) is 4.22. The van der Waals surface area contributed by atoms with Crippen molar-refractivity contribution in [3.8, 4) is 5.75 Å². The first kappa shape index (κ1) is 15.9. The Hall–Kier alpha value is -2.53. The van der Waals surface area contributed by atoms with Gasteiger partial charge < -0.3 is 20.5 Å². The van der Waals surface area contributed by atoms with Gasteiger partial charge in [0.15, 0.2) is 5.96 Å². The fraction of sp³-hybridized carbons (Fsp3) is 0.235. The molecule has 0 aromatic heterocycles. The molecule has 5 heteroatoms. The third kappa shape index (κ3) is 5.46. The Morgan fingerprint density at radius 3 is 2.50 bits per heavy atom. The van der Waals surface area contributed by atoms with Crippen molar-refractivity contribution in [1.29, 1.82) is 0 Å². The highest BCUT2D eigenvalue weighted by Gasteiger charge is 1.96. The maximum Gasteiger partial charge on any atom is 0.193 e. The first-order valence-electron chi connectivity index (χ1n) is 7.10. The van der Waals surface area contributed by atoms with Gasteiger partial charge in [0.1, 0.15) is 5.75 Å². The van der Waals surface area contributed by atoms with E-state index in [1.54, 1.807) is 7.11 Å². The molecular weight excluding hydrogens is 278 g/mol. The molecule has 0 unspecified atom stereocenters. The molecule has 0 aliphatic carbocycles. The van der Waals surface area contributed by atoms with E-state index < -0.39 is 0 Å². The molecule has 0 atom stereocenters. The Balaban J connectivity index is 1.68. The van der Waals surface area contributed by atoms with Gasteiger partial charge in [0.05, 0.1) is 26.9 Å². The zero-order chi connectivity index (χ0) is 15.6. The maximum absolute atomic E-state index is 5.82. The van der Waals surface area contributed by atoms with E-state index in [0.29, 0.717) is 25.7 Å². The average Bonchev–Trinajstić information content (AvgIpc) is 2.56. The Labute approximate surface area is 130 Å². The summed E-state index contributed by atoms with van der Waals surface area (Å²) in [5.41, 5.74) is 7.84. The number of ether oxygens (including phenoxy) is 2. The molecule has 22 heavy (non-hydrogen) atoms. The van der Waals surface area contributed by atoms with Crippen LogP contribution in [-0.2, 0) is 11.3 Å². The maximum atomic E-state index is 5.82. The molecule has 0 spiro atoms. The predicted molar refractivity (Wildman–Crippen MR) is 89.2 cm³/mol. The van der Waals surface area contributed by atoms with Crippen LogP contribution in [0.4, 0.5) is 5.69 Å². The third-order valence-corrected chi connectivity index (χ3v) is 2.99. The van der Waals surface area contributed by atoms with Gasteiger partial charge in [-0.15, -0.1) is 0 Å². The lowest BCUT2D eigenvalue weighted by atomic mass is 10.2. The second-order valence-corrected chi connectivity index (χ2v) is 4.66. The van der Waals surface area contributed by atoms with Gasteiger partial charge in [-0.2, -0.15) is 0 Å². The first-order chi connectivity index (χ1) is 10.8. The van der Waals surface area contributed by atoms with Crippen LogP contribution in [0.1, 0.15) is 5.56 Å². The van der Waals surface area contributed by atoms with E-state index in [-0.39, 0.29) is 0 Å². The van der Waals surface area contributed by atoms with Crippen LogP contribution in [0.5, 0.6) is 5.75 Å². The van der Waals surface area contributed by atoms with Crippen LogP contribution in [0, 0.1) is 0 Å². The first-order valence-corrected chi connectivity index (χ1v) is 7.10. The Kier molecular flexibility index (Phi) is 6.26. The molecule has 0 amide bonds. The minimum Gasteiger partial charge on any atom is -0.497 e. The molecule has 3 N–H and O–H groups in total. The van der Waals surface area contributed by atoms with Crippen LogP contribution in [0.3, 0.4) is 0 Å². The Morgan fingerprint density at radius 2 is 1.82 bits per heavy atom. The van der Waals surface area contributed by atoms with Gasteiger partial charge >= 0.3 is 0 Å². The van der Waals surface area contributed by atoms with Crippen LogP contribution in [0.25, 0.3) is 0 Å². The molecule has 2 rings (SSSR count). The minimum absolute atomic E-state index is 0.369. The standard InChI is InChI=1S/C17H21N3O2/c1-21-16-9-7-15(8-10-16)20-17(18)19-11-12-22-13-14-5-3-2-4-6-14/h2-10H,11-13H2,1H3,(H3,18,19,20). The SMILES string of the molecule is COc1ccc(NC(N)=NCCOCc2ccccc2)cc1. The van der Waals surface area contributed by atoms with Crippen LogP contribution in [0.2, 0.25) is 0 Å². The molecule has 2 aromatic carbocycles. The molecular formula is C17H21N3O2. The molecule has 0 bridgehead atoms. The lowest BCUT2D eigenvalue weighted by Crippen LogP contribution is -2.23. The highest BCUT2D eigenvalue weighted by Crippen LogP contribution is 2.14. The van der Waals surface area contributed by atoms with Gasteiger partial charge in [-0.05, 0) is 29.8 Å². The molecule has 116 valence electrons. The Bertz CT molecular complexity index is 583. The number of nitrogens with one attached hydrogen (secondary N) is 1. The van der Waals surface area contributed by atoms with Gasteiger partial charge in [0.25, 0.3) is 0 Å². The Morgan fingerprint density at radius 1 is 1.09 bits per heavy atom. The highest BCUT2D eigenvalue weighted by molar-refractivity contribution is 5.92. The number of aliphatic imine (C=N–C) groups is 1. The number of benzene rings is 2. The summed E-state index contributed by atoms with van der Waals surface area (Å²) in [6, 6.07) is 17.5. The normalized spacial score (nSPS) is 11.2. The molecule has 0 aliphatic rings. The fourth-order valence-electron chi connectivity index (χ4n) is 1.86. The summed E-state index contributed by atoms with van der Waals surface area (Å²) < 4.78 is 10.6. The highest BCUT2D eigenvalue weighted by atomic mass is 16.5. The minimum atomic E-state index is 0.369. The smallest absolute Gasteiger partial charge is 0.193 e. The van der Waals surface area contributed by atoms with Gasteiger partial charge in [-0.1, -0.05) is 30.3 Å². The summed E-state index contributed by atoms with van der Waals surface area (Å²) >= 11 is 0. The molecule has 0 aliphatic heterocycles. The second-order valence-electron chi connectivity index (χ2n) is 4.66. The largest absolute Gasteiger partial charge is 0.497 e. The second kappa shape index (κ2) is 8.69. The number of nitrogens with two attached hydrogens (primary N) is 1. The topological polar surface area (TPSA) is 68.9 Å². The average molecular weight is 299 g/mol. The van der Waals surface area contributed by atoms with E-state index >= 15 is 0 Å². The number of hydrogen-bond donors (Lipinski definition) is 2. The zero-order valence-electron chi connectivity index (χ0n) is 12.7. The van der Waals surface area contributed by atoms with Crippen molar-refractivity contribution in [2.45, 2.75) is 6.61 Å². The van der Waals surface area contributed by atoms with E-state index in [0.717, 1.165) is 17.0 Å². The monoisotopic (exact) mass is 299 g/mol. The summed E-state index contributed by atoms with van der Waals surface area (Å²) in [5, 5.41) is 3.02. The number of methoxy groups -OCH3 is 1. The van der Waals surface area contributed by atoms with E-state index in [4.69, 9.17) is 15.2 Å². The summed E-state index contributed by atoms with van der Waals surface area (Å²) in [6.45, 7) is 1.63. The molecule has 0 saturated heterocycles. The van der Waals surface area contributed by atoms with Crippen molar-refractivity contribution >= 4 is 11.6 Å². The van der Waals surface area contributed by atoms with Gasteiger partial charge in [0.2, 0.25) is 0 Å². The molecule has 0 fully saturated rings. The van der Waals surface area contributed by atoms with E-state index in [1.165, 1.54) is 0 Å². The number of rotatable bonds is 7. The van der Waals surface area contributed by atoms with Gasteiger partial charge in [0, 0.05) is 5.69 Å². The molecule has 2 aromatic rings. The quantitative estimate of drug-likeness (QED) is 0.468. The number of hydrogen-bond acceptors (Lipinski definition) is 3. The number of nitrogens with zero attached hydrogens (tertiary/aromatic N) is 1. The molecule has 0 heterocycles. The predicted octanol–water partition coefficient (Wildman–Crippen LogP) is 2.64. The van der Waals surface area contributed by atoms with E-state index in [1.807, 2.05) is 54.6 Å². The molecule has 0 radical (unpaired) electrons. The third-order valence-electron chi connectivity index (χ3n) is 2.99. The van der Waals surface area contributed by atoms with Crippen LogP contribution in [0.15, 0.2) is 59.6 Å². The fourth-order valence-corrected chi connectivity index (χ4v) is 1.86. The number of anilines is 1. The van der Waals surface area contributed by atoms with Crippen molar-refractivity contribution in [2.24, 2.45) is 10.7 Å². The van der Waals surface area contributed by atoms with Crippen molar-refractivity contribution in [1.82, 2.24) is 0 Å². The lowest BCUT2D eigenvalue weighted by Gasteiger charge is -2.07. The van der Waals surface area contributed by atoms with Crippen molar-refractivity contribution < 1.29 is 9.47 Å². The van der Waals surface area contributed by atoms with Crippen molar-refractivity contribution in [3.63, 3.8) is 0 Å². The van der Waals surface area contributed by atoms with Gasteiger partial charge in [-0.3, -0.25) is 4.99 Å².